The van der Waals surface area contributed by atoms with E-state index in [-0.39, 0.29) is 23.6 Å². The first-order valence-corrected chi connectivity index (χ1v) is 13.7. The van der Waals surface area contributed by atoms with Crippen molar-refractivity contribution in [3.05, 3.63) is 48.0 Å². The molecule has 35 heavy (non-hydrogen) atoms. The summed E-state index contributed by atoms with van der Waals surface area (Å²) in [4.78, 5) is 13.1. The van der Waals surface area contributed by atoms with Gasteiger partial charge in [0.1, 0.15) is 11.9 Å². The molecule has 0 radical (unpaired) electrons. The Kier molecular flexibility index (Phi) is 8.23. The number of hydrogen-bond donors (Lipinski definition) is 0. The Labute approximate surface area is 235 Å². The lowest BCUT2D eigenvalue weighted by atomic mass is 9.75. The van der Waals surface area contributed by atoms with E-state index in [0.717, 1.165) is 23.6 Å². The summed E-state index contributed by atoms with van der Waals surface area (Å²) in [5.41, 5.74) is 0.636. The zero-order chi connectivity index (χ0) is 25.5. The van der Waals surface area contributed by atoms with Crippen LogP contribution in [0.2, 0.25) is 0 Å². The maximum absolute atomic E-state index is 6.75. The van der Waals surface area contributed by atoms with Gasteiger partial charge in [-0.2, -0.15) is 0 Å². The van der Waals surface area contributed by atoms with Crippen molar-refractivity contribution in [2.45, 2.75) is 53.7 Å². The molecule has 3 aromatic rings. The van der Waals surface area contributed by atoms with E-state index in [0.29, 0.717) is 29.1 Å². The number of rotatable bonds is 4. The molecule has 1 aliphatic rings. The van der Waals surface area contributed by atoms with E-state index in [2.05, 4.69) is 35.7 Å². The van der Waals surface area contributed by atoms with Crippen LogP contribution in [0, 0.1) is 17.8 Å². The highest BCUT2D eigenvalue weighted by atomic mass is 35.6. The molecule has 1 aromatic heterocycles. The molecule has 3 atom stereocenters. The van der Waals surface area contributed by atoms with E-state index in [9.17, 15) is 0 Å². The van der Waals surface area contributed by atoms with Crippen molar-refractivity contribution >= 4 is 80.4 Å². The Balaban J connectivity index is 1.93. The fraction of sp³-hybridized carbons (Fsp3) is 0.480. The number of halogens is 6. The van der Waals surface area contributed by atoms with Gasteiger partial charge in [-0.3, -0.25) is 0 Å². The molecule has 4 rings (SSSR count). The van der Waals surface area contributed by atoms with Gasteiger partial charge in [0.2, 0.25) is 7.59 Å². The van der Waals surface area contributed by atoms with Crippen molar-refractivity contribution in [3.63, 3.8) is 0 Å². The minimum atomic E-state index is -1.95. The summed E-state index contributed by atoms with van der Waals surface area (Å²) in [6.45, 7) is 6.75. The largest absolute Gasteiger partial charge is 0.489 e. The normalized spacial score (nSPS) is 21.5. The molecular weight excluding hydrogens is 571 g/mol. The molecule has 0 N–H and O–H groups in total. The van der Waals surface area contributed by atoms with Gasteiger partial charge in [0.25, 0.3) is 0 Å². The van der Waals surface area contributed by atoms with Gasteiger partial charge in [-0.05, 0) is 47.4 Å². The summed E-state index contributed by atoms with van der Waals surface area (Å²) >= 11 is 36.8. The highest BCUT2D eigenvalue weighted by Crippen LogP contribution is 2.44. The highest BCUT2D eigenvalue weighted by Gasteiger charge is 2.36. The van der Waals surface area contributed by atoms with Crippen molar-refractivity contribution < 1.29 is 4.74 Å². The van der Waals surface area contributed by atoms with E-state index in [1.807, 2.05) is 36.4 Å². The average Bonchev–Trinajstić information content (AvgIpc) is 2.77. The number of alkyl halides is 6. The molecule has 1 aliphatic carbocycles. The van der Waals surface area contributed by atoms with Crippen LogP contribution >= 0.6 is 69.6 Å². The topological polar surface area (TPSA) is 47.9 Å². The Bertz CT molecular complexity index is 1180. The summed E-state index contributed by atoms with van der Waals surface area (Å²) in [5, 5.41) is 1.84. The van der Waals surface area contributed by atoms with Crippen LogP contribution in [0.5, 0.6) is 5.75 Å². The zero-order valence-electron chi connectivity index (χ0n) is 19.4. The predicted molar refractivity (Wildman–Crippen MR) is 147 cm³/mol. The Hall–Kier alpha value is -0.750. The number of aromatic nitrogens is 3. The van der Waals surface area contributed by atoms with E-state index in [1.54, 1.807) is 0 Å². The molecule has 188 valence electrons. The predicted octanol–water partition coefficient (Wildman–Crippen LogP) is 9.18. The number of ether oxygens (including phenoxy) is 1. The Morgan fingerprint density at radius 2 is 1.49 bits per heavy atom. The molecule has 1 heterocycles. The fourth-order valence-corrected chi connectivity index (χ4v) is 5.24. The lowest BCUT2D eigenvalue weighted by Crippen LogP contribution is -2.36. The van der Waals surface area contributed by atoms with Crippen LogP contribution in [-0.4, -0.2) is 21.1 Å². The molecule has 1 fully saturated rings. The van der Waals surface area contributed by atoms with Crippen LogP contribution in [0.3, 0.4) is 0 Å². The molecule has 1 saturated carbocycles. The van der Waals surface area contributed by atoms with Gasteiger partial charge in [-0.25, -0.2) is 15.0 Å². The van der Waals surface area contributed by atoms with Gasteiger partial charge in [0, 0.05) is 0 Å². The standard InChI is InChI=1S/C25H25Cl6N3O/c1-13(2)16-10-8-14(3)12-19(16)35-18-11-9-15-6-4-5-7-17(15)20(18)21-32-22(24(26,27)28)34-23(33-21)25(29,30)31/h4-7,9,11,13-14,16,19H,8,10,12H2,1-3H3. The van der Waals surface area contributed by atoms with Crippen LogP contribution in [-0.2, 0) is 7.59 Å². The van der Waals surface area contributed by atoms with Crippen LogP contribution in [0.15, 0.2) is 36.4 Å². The quantitative estimate of drug-likeness (QED) is 0.282. The molecule has 10 heteroatoms. The number of hydrogen-bond acceptors (Lipinski definition) is 4. The third-order valence-corrected chi connectivity index (χ3v) is 7.51. The number of nitrogens with zero attached hydrogens (tertiary/aromatic N) is 3. The summed E-state index contributed by atoms with van der Waals surface area (Å²) < 4.78 is 2.85. The second-order valence-electron chi connectivity index (χ2n) is 9.44. The second-order valence-corrected chi connectivity index (χ2v) is 14.0. The SMILES string of the molecule is CC1CCC(C(C)C)C(Oc2ccc3ccccc3c2-c2nc(C(Cl)(Cl)Cl)nc(C(Cl)(Cl)Cl)n2)C1. The summed E-state index contributed by atoms with van der Waals surface area (Å²) in [6.07, 6.45) is 3.32. The van der Waals surface area contributed by atoms with Crippen molar-refractivity contribution in [3.8, 4) is 17.1 Å². The molecule has 0 saturated heterocycles. The van der Waals surface area contributed by atoms with Crippen molar-refractivity contribution in [2.75, 3.05) is 0 Å². The zero-order valence-corrected chi connectivity index (χ0v) is 23.9. The number of benzene rings is 2. The first kappa shape index (κ1) is 27.3. The number of fused-ring (bicyclic) bond motifs is 1. The van der Waals surface area contributed by atoms with Gasteiger partial charge in [0.15, 0.2) is 17.5 Å². The minimum Gasteiger partial charge on any atom is -0.489 e. The first-order valence-electron chi connectivity index (χ1n) is 11.4. The van der Waals surface area contributed by atoms with Gasteiger partial charge in [-0.15, -0.1) is 0 Å². The maximum atomic E-state index is 6.75. The van der Waals surface area contributed by atoms with E-state index in [4.69, 9.17) is 74.3 Å². The third-order valence-electron chi connectivity index (χ3n) is 6.50. The minimum absolute atomic E-state index is 0.0424. The van der Waals surface area contributed by atoms with Gasteiger partial charge < -0.3 is 4.74 Å². The fourth-order valence-electron chi connectivity index (χ4n) is 4.73. The lowest BCUT2D eigenvalue weighted by molar-refractivity contribution is 0.0465. The highest BCUT2D eigenvalue weighted by molar-refractivity contribution is 6.67. The van der Waals surface area contributed by atoms with Crippen molar-refractivity contribution in [2.24, 2.45) is 17.8 Å². The summed E-state index contributed by atoms with van der Waals surface area (Å²) in [6, 6.07) is 11.8. The molecular formula is C25H25Cl6N3O. The van der Waals surface area contributed by atoms with Crippen LogP contribution in [0.4, 0.5) is 0 Å². The summed E-state index contributed by atoms with van der Waals surface area (Å²) in [5.74, 6) is 2.04. The lowest BCUT2D eigenvalue weighted by Gasteiger charge is -2.37. The molecule has 2 aromatic carbocycles. The van der Waals surface area contributed by atoms with Crippen LogP contribution < -0.4 is 4.74 Å². The summed E-state index contributed by atoms with van der Waals surface area (Å²) in [7, 11) is 0. The molecule has 3 unspecified atom stereocenters. The van der Waals surface area contributed by atoms with E-state index >= 15 is 0 Å². The third kappa shape index (κ3) is 6.22. The van der Waals surface area contributed by atoms with Crippen LogP contribution in [0.1, 0.15) is 51.7 Å². The van der Waals surface area contributed by atoms with Crippen molar-refractivity contribution in [1.82, 2.24) is 15.0 Å². The first-order chi connectivity index (χ1) is 16.3. The molecule has 0 spiro atoms. The Morgan fingerprint density at radius 1 is 0.857 bits per heavy atom. The molecule has 0 amide bonds. The average molecular weight is 596 g/mol. The van der Waals surface area contributed by atoms with Crippen LogP contribution in [0.25, 0.3) is 22.2 Å². The van der Waals surface area contributed by atoms with Crippen molar-refractivity contribution in [1.29, 1.82) is 0 Å². The van der Waals surface area contributed by atoms with E-state index < -0.39 is 7.59 Å². The molecule has 0 aliphatic heterocycles. The van der Waals surface area contributed by atoms with Gasteiger partial charge in [0.05, 0.1) is 5.56 Å². The monoisotopic (exact) mass is 593 g/mol. The van der Waals surface area contributed by atoms with E-state index in [1.165, 1.54) is 6.42 Å². The van der Waals surface area contributed by atoms with Gasteiger partial charge in [-0.1, -0.05) is 127 Å². The molecule has 4 nitrogen and oxygen atoms in total. The molecule has 0 bridgehead atoms. The second kappa shape index (κ2) is 10.6. The smallest absolute Gasteiger partial charge is 0.250 e. The maximum Gasteiger partial charge on any atom is 0.250 e. The van der Waals surface area contributed by atoms with Gasteiger partial charge >= 0.3 is 0 Å². The Morgan fingerprint density at radius 3 is 2.09 bits per heavy atom.